The molecule has 1 amide bonds. The van der Waals surface area contributed by atoms with Gasteiger partial charge in [-0.2, -0.15) is 9.41 Å². The highest BCUT2D eigenvalue weighted by molar-refractivity contribution is 7.89. The molecule has 3 aromatic carbocycles. The second-order valence-electron chi connectivity index (χ2n) is 7.45. The number of hydrazone groups is 1. The van der Waals surface area contributed by atoms with Crippen LogP contribution >= 0.6 is 0 Å². The predicted octanol–water partition coefficient (Wildman–Crippen LogP) is 3.39. The molecule has 0 radical (unpaired) electrons. The molecule has 0 unspecified atom stereocenters. The Hall–Kier alpha value is -3.49. The topological polar surface area (TPSA) is 88.1 Å². The highest BCUT2D eigenvalue weighted by atomic mass is 32.2. The van der Waals surface area contributed by atoms with Crippen LogP contribution in [-0.4, -0.2) is 45.0 Å². The summed E-state index contributed by atoms with van der Waals surface area (Å²) in [6.45, 7) is 1.71. The van der Waals surface area contributed by atoms with Gasteiger partial charge in [0.2, 0.25) is 10.0 Å². The van der Waals surface area contributed by atoms with Crippen LogP contribution in [0.5, 0.6) is 5.75 Å². The van der Waals surface area contributed by atoms with E-state index in [2.05, 4.69) is 10.5 Å². The second-order valence-corrected chi connectivity index (χ2v) is 9.39. The summed E-state index contributed by atoms with van der Waals surface area (Å²) in [4.78, 5) is 12.7. The van der Waals surface area contributed by atoms with E-state index in [1.807, 2.05) is 37.3 Å². The summed E-state index contributed by atoms with van der Waals surface area (Å²) < 4.78 is 32.8. The van der Waals surface area contributed by atoms with Crippen molar-refractivity contribution in [2.75, 3.05) is 20.2 Å². The zero-order chi connectivity index (χ0) is 23.7. The monoisotopic (exact) mass is 465 g/mol. The van der Waals surface area contributed by atoms with Gasteiger partial charge in [-0.15, -0.1) is 0 Å². The summed E-state index contributed by atoms with van der Waals surface area (Å²) in [5.41, 5.74) is 5.12. The number of carbonyl (C=O) groups excluding carboxylic acids is 1. The number of amides is 1. The minimum Gasteiger partial charge on any atom is -0.497 e. The van der Waals surface area contributed by atoms with E-state index >= 15 is 0 Å². The Balaban J connectivity index is 1.71. The van der Waals surface area contributed by atoms with Crippen molar-refractivity contribution < 1.29 is 17.9 Å². The maximum atomic E-state index is 13.3. The smallest absolute Gasteiger partial charge is 0.255 e. The molecule has 0 aromatic heterocycles. The molecule has 8 heteroatoms. The average Bonchev–Trinajstić information content (AvgIpc) is 2.83. The molecule has 7 nitrogen and oxygen atoms in total. The first-order valence-corrected chi connectivity index (χ1v) is 11.9. The van der Waals surface area contributed by atoms with Gasteiger partial charge in [-0.25, -0.2) is 13.8 Å². The Kier molecular flexibility index (Phi) is 8.34. The Morgan fingerprint density at radius 1 is 1.00 bits per heavy atom. The van der Waals surface area contributed by atoms with E-state index in [-0.39, 0.29) is 18.0 Å². The molecule has 0 atom stereocenters. The second kappa shape index (κ2) is 11.4. The van der Waals surface area contributed by atoms with Crippen LogP contribution in [0.4, 0.5) is 0 Å². The number of sulfonamides is 1. The average molecular weight is 466 g/mol. The van der Waals surface area contributed by atoms with Gasteiger partial charge in [0.15, 0.2) is 0 Å². The third-order valence-electron chi connectivity index (χ3n) is 4.99. The molecule has 0 bridgehead atoms. The highest BCUT2D eigenvalue weighted by Gasteiger charge is 2.26. The lowest BCUT2D eigenvalue weighted by Gasteiger charge is -2.21. The molecule has 33 heavy (non-hydrogen) atoms. The molecule has 0 aliphatic heterocycles. The van der Waals surface area contributed by atoms with Crippen molar-refractivity contribution in [2.24, 2.45) is 5.10 Å². The van der Waals surface area contributed by atoms with Crippen LogP contribution in [0.3, 0.4) is 0 Å². The van der Waals surface area contributed by atoms with Crippen molar-refractivity contribution in [1.82, 2.24) is 9.73 Å². The molecular weight excluding hydrogens is 438 g/mol. The summed E-state index contributed by atoms with van der Waals surface area (Å²) >= 11 is 0. The molecule has 0 spiro atoms. The van der Waals surface area contributed by atoms with Crippen molar-refractivity contribution in [2.45, 2.75) is 18.2 Å². The molecule has 0 aliphatic carbocycles. The first-order chi connectivity index (χ1) is 15.9. The van der Waals surface area contributed by atoms with Crippen LogP contribution in [-0.2, 0) is 21.2 Å². The van der Waals surface area contributed by atoms with Crippen LogP contribution in [0.15, 0.2) is 88.9 Å². The van der Waals surface area contributed by atoms with E-state index in [0.29, 0.717) is 12.2 Å². The number of rotatable bonds is 10. The third-order valence-corrected chi connectivity index (χ3v) is 6.85. The minimum atomic E-state index is -3.86. The number of nitrogens with one attached hydrogen (secondary N) is 1. The Bertz CT molecular complexity index is 1180. The van der Waals surface area contributed by atoms with Gasteiger partial charge < -0.3 is 4.74 Å². The summed E-state index contributed by atoms with van der Waals surface area (Å²) in [6.07, 6.45) is 1.97. The minimum absolute atomic E-state index is 0.149. The molecule has 3 rings (SSSR count). The molecule has 0 aliphatic rings. The molecular formula is C25H27N3O4S. The number of aryl methyl sites for hydroxylation is 1. The van der Waals surface area contributed by atoms with E-state index in [9.17, 15) is 13.2 Å². The SMILES string of the molecule is COc1ccc(/C=N\NC(=O)CN(CCc2ccccc2)S(=O)(=O)c2ccc(C)cc2)cc1. The zero-order valence-corrected chi connectivity index (χ0v) is 19.5. The lowest BCUT2D eigenvalue weighted by atomic mass is 10.1. The molecule has 1 N–H and O–H groups in total. The molecule has 172 valence electrons. The van der Waals surface area contributed by atoms with E-state index in [1.54, 1.807) is 55.6 Å². The maximum absolute atomic E-state index is 13.3. The lowest BCUT2D eigenvalue weighted by Crippen LogP contribution is -2.40. The number of hydrogen-bond acceptors (Lipinski definition) is 5. The van der Waals surface area contributed by atoms with Gasteiger partial charge in [0.05, 0.1) is 24.8 Å². The molecule has 0 fully saturated rings. The first-order valence-electron chi connectivity index (χ1n) is 10.4. The van der Waals surface area contributed by atoms with Gasteiger partial charge in [-0.3, -0.25) is 4.79 Å². The van der Waals surface area contributed by atoms with Gasteiger partial charge in [-0.05, 0) is 60.9 Å². The normalized spacial score (nSPS) is 11.6. The summed E-state index contributed by atoms with van der Waals surface area (Å²) in [6, 6.07) is 23.3. The van der Waals surface area contributed by atoms with E-state index in [4.69, 9.17) is 4.74 Å². The number of methoxy groups -OCH3 is 1. The first kappa shape index (κ1) is 24.2. The largest absolute Gasteiger partial charge is 0.497 e. The van der Waals surface area contributed by atoms with Crippen molar-refractivity contribution in [3.63, 3.8) is 0 Å². The molecule has 0 saturated heterocycles. The van der Waals surface area contributed by atoms with Crippen molar-refractivity contribution in [1.29, 1.82) is 0 Å². The Morgan fingerprint density at radius 2 is 1.67 bits per heavy atom. The highest BCUT2D eigenvalue weighted by Crippen LogP contribution is 2.17. The Morgan fingerprint density at radius 3 is 2.30 bits per heavy atom. The van der Waals surface area contributed by atoms with Crippen LogP contribution in [0.2, 0.25) is 0 Å². The van der Waals surface area contributed by atoms with Crippen LogP contribution in [0, 0.1) is 6.92 Å². The Labute approximate surface area is 194 Å². The molecule has 0 heterocycles. The fourth-order valence-corrected chi connectivity index (χ4v) is 4.50. The zero-order valence-electron chi connectivity index (χ0n) is 18.6. The number of nitrogens with zero attached hydrogens (tertiary/aromatic N) is 2. The maximum Gasteiger partial charge on any atom is 0.255 e. The number of ether oxygens (including phenoxy) is 1. The quantitative estimate of drug-likeness (QED) is 0.367. The van der Waals surface area contributed by atoms with Gasteiger partial charge in [0.1, 0.15) is 5.75 Å². The van der Waals surface area contributed by atoms with E-state index in [1.165, 1.54) is 10.5 Å². The van der Waals surface area contributed by atoms with Gasteiger partial charge >= 0.3 is 0 Å². The van der Waals surface area contributed by atoms with Crippen molar-refractivity contribution in [3.8, 4) is 5.75 Å². The van der Waals surface area contributed by atoms with Gasteiger partial charge in [0, 0.05) is 6.54 Å². The lowest BCUT2D eigenvalue weighted by molar-refractivity contribution is -0.121. The van der Waals surface area contributed by atoms with Crippen LogP contribution in [0.1, 0.15) is 16.7 Å². The summed E-state index contributed by atoms with van der Waals surface area (Å²) in [5, 5.41) is 3.95. The van der Waals surface area contributed by atoms with E-state index < -0.39 is 15.9 Å². The number of hydrogen-bond donors (Lipinski definition) is 1. The van der Waals surface area contributed by atoms with E-state index in [0.717, 1.165) is 16.7 Å². The summed E-state index contributed by atoms with van der Waals surface area (Å²) in [5.74, 6) is 0.190. The van der Waals surface area contributed by atoms with Crippen LogP contribution < -0.4 is 10.2 Å². The van der Waals surface area contributed by atoms with Crippen LogP contribution in [0.25, 0.3) is 0 Å². The standard InChI is InChI=1S/C25H27N3O4S/c1-20-8-14-24(15-9-20)33(30,31)28(17-16-21-6-4-3-5-7-21)19-25(29)27-26-18-22-10-12-23(32-2)13-11-22/h3-15,18H,16-17,19H2,1-2H3,(H,27,29)/b26-18-. The number of carbonyl (C=O) groups is 1. The van der Waals surface area contributed by atoms with Crippen molar-refractivity contribution in [3.05, 3.63) is 95.6 Å². The van der Waals surface area contributed by atoms with Gasteiger partial charge in [-0.1, -0.05) is 48.0 Å². The fraction of sp³-hybridized carbons (Fsp3) is 0.200. The third kappa shape index (κ3) is 7.00. The fourth-order valence-electron chi connectivity index (χ4n) is 3.11. The van der Waals surface area contributed by atoms with Crippen molar-refractivity contribution >= 4 is 22.1 Å². The predicted molar refractivity (Wildman–Crippen MR) is 129 cm³/mol. The molecule has 3 aromatic rings. The summed E-state index contributed by atoms with van der Waals surface area (Å²) in [7, 11) is -2.28. The van der Waals surface area contributed by atoms with Gasteiger partial charge in [0.25, 0.3) is 5.91 Å². The molecule has 0 saturated carbocycles. The number of benzene rings is 3.